The fourth-order valence-corrected chi connectivity index (χ4v) is 4.69. The molecule has 4 aromatic rings. The molecule has 0 bridgehead atoms. The molecule has 1 fully saturated rings. The number of nitrogens with one attached hydrogen (secondary N) is 2. The van der Waals surface area contributed by atoms with E-state index in [1.165, 1.54) is 11.9 Å². The Morgan fingerprint density at radius 2 is 1.92 bits per heavy atom. The third-order valence-electron chi connectivity index (χ3n) is 5.88. The largest absolute Gasteiger partial charge is 0.340 e. The second-order valence-electron chi connectivity index (χ2n) is 8.96. The molecule has 1 saturated carbocycles. The van der Waals surface area contributed by atoms with Crippen LogP contribution >= 0.6 is 0 Å². The van der Waals surface area contributed by atoms with Crippen LogP contribution < -0.4 is 10.2 Å². The van der Waals surface area contributed by atoms with Crippen LogP contribution in [-0.4, -0.2) is 51.4 Å². The Bertz CT molecular complexity index is 1580. The van der Waals surface area contributed by atoms with Gasteiger partial charge in [-0.2, -0.15) is 10.1 Å². The SMILES string of the molecule is Cc1cc(Nc2nc(N(C)c3cc(F)c(S(C)(=O)=O)cc3F)nc(-c3cn(C)cn3)c2C2CC2)n[nH]1. The maximum Gasteiger partial charge on any atom is 0.232 e. The number of sulfone groups is 1. The van der Waals surface area contributed by atoms with Crippen LogP contribution in [0, 0.1) is 18.6 Å². The average Bonchev–Trinajstić information content (AvgIpc) is 3.42. The van der Waals surface area contributed by atoms with E-state index < -0.39 is 26.4 Å². The molecule has 188 valence electrons. The van der Waals surface area contributed by atoms with Crippen molar-refractivity contribution in [2.24, 2.45) is 7.05 Å². The highest BCUT2D eigenvalue weighted by Gasteiger charge is 2.33. The fourth-order valence-electron chi connectivity index (χ4n) is 3.96. The van der Waals surface area contributed by atoms with Crippen molar-refractivity contribution in [1.82, 2.24) is 29.7 Å². The number of aromatic amines is 1. The molecule has 1 aliphatic rings. The number of benzene rings is 1. The molecule has 0 atom stereocenters. The van der Waals surface area contributed by atoms with Crippen LogP contribution in [0.2, 0.25) is 0 Å². The lowest BCUT2D eigenvalue weighted by atomic mass is 10.1. The standard InChI is InChI=1S/C23H24F2N8O2S/c1-12-7-19(31-30-12)27-22-20(13-5-6-13)21(16-10-32(2)11-26-16)28-23(29-22)33(3)17-8-15(25)18(9-14(17)24)36(4,34)35/h7-11,13H,5-6H2,1-4H3,(H2,27,28,29,30,31). The van der Waals surface area contributed by atoms with Crippen LogP contribution in [0.5, 0.6) is 0 Å². The van der Waals surface area contributed by atoms with Crippen molar-refractivity contribution >= 4 is 33.1 Å². The highest BCUT2D eigenvalue weighted by Crippen LogP contribution is 2.48. The summed E-state index contributed by atoms with van der Waals surface area (Å²) in [5, 5.41) is 10.3. The zero-order valence-electron chi connectivity index (χ0n) is 20.0. The van der Waals surface area contributed by atoms with Gasteiger partial charge < -0.3 is 14.8 Å². The van der Waals surface area contributed by atoms with E-state index in [4.69, 9.17) is 4.98 Å². The van der Waals surface area contributed by atoms with Crippen LogP contribution in [0.1, 0.15) is 30.0 Å². The molecule has 5 rings (SSSR count). The van der Waals surface area contributed by atoms with Gasteiger partial charge in [-0.15, -0.1) is 0 Å². The summed E-state index contributed by atoms with van der Waals surface area (Å²) in [6.45, 7) is 1.87. The van der Waals surface area contributed by atoms with E-state index in [2.05, 4.69) is 25.5 Å². The van der Waals surface area contributed by atoms with Gasteiger partial charge in [-0.3, -0.25) is 5.10 Å². The van der Waals surface area contributed by atoms with Crippen molar-refractivity contribution in [2.75, 3.05) is 23.5 Å². The average molecular weight is 515 g/mol. The first-order valence-electron chi connectivity index (χ1n) is 11.1. The van der Waals surface area contributed by atoms with E-state index in [0.29, 0.717) is 29.1 Å². The van der Waals surface area contributed by atoms with Crippen LogP contribution in [-0.2, 0) is 16.9 Å². The lowest BCUT2D eigenvalue weighted by molar-refractivity contribution is 0.556. The van der Waals surface area contributed by atoms with Gasteiger partial charge in [-0.1, -0.05) is 0 Å². The summed E-state index contributed by atoms with van der Waals surface area (Å²) in [6, 6.07) is 3.32. The fraction of sp³-hybridized carbons (Fsp3) is 0.304. The molecule has 0 spiro atoms. The second-order valence-corrected chi connectivity index (χ2v) is 10.9. The number of anilines is 4. The quantitative estimate of drug-likeness (QED) is 0.380. The molecule has 10 nitrogen and oxygen atoms in total. The minimum absolute atomic E-state index is 0.0696. The monoisotopic (exact) mass is 514 g/mol. The molecule has 1 aromatic carbocycles. The van der Waals surface area contributed by atoms with Crippen LogP contribution in [0.4, 0.5) is 32.1 Å². The maximum absolute atomic E-state index is 15.0. The van der Waals surface area contributed by atoms with Gasteiger partial charge in [-0.25, -0.2) is 27.2 Å². The molecule has 0 amide bonds. The smallest absolute Gasteiger partial charge is 0.232 e. The van der Waals surface area contributed by atoms with Crippen molar-refractivity contribution < 1.29 is 17.2 Å². The van der Waals surface area contributed by atoms with E-state index >= 15 is 4.39 Å². The number of imidazole rings is 1. The van der Waals surface area contributed by atoms with Crippen molar-refractivity contribution in [3.8, 4) is 11.4 Å². The molecule has 0 aliphatic heterocycles. The molecule has 36 heavy (non-hydrogen) atoms. The molecule has 0 unspecified atom stereocenters. The zero-order chi connectivity index (χ0) is 25.8. The number of hydrogen-bond donors (Lipinski definition) is 2. The molecule has 2 N–H and O–H groups in total. The first kappa shape index (κ1) is 23.9. The van der Waals surface area contributed by atoms with E-state index in [1.54, 1.807) is 10.9 Å². The summed E-state index contributed by atoms with van der Waals surface area (Å²) < 4.78 is 55.1. The van der Waals surface area contributed by atoms with Crippen LogP contribution in [0.3, 0.4) is 0 Å². The van der Waals surface area contributed by atoms with Crippen LogP contribution in [0.25, 0.3) is 11.4 Å². The van der Waals surface area contributed by atoms with E-state index in [9.17, 15) is 12.8 Å². The predicted molar refractivity (Wildman–Crippen MR) is 130 cm³/mol. The summed E-state index contributed by atoms with van der Waals surface area (Å²) in [5.74, 6) is -0.678. The normalized spacial score (nSPS) is 13.7. The Morgan fingerprint density at radius 1 is 1.17 bits per heavy atom. The number of halogens is 2. The number of aryl methyl sites for hydroxylation is 2. The third-order valence-corrected chi connectivity index (χ3v) is 6.99. The Morgan fingerprint density at radius 3 is 2.50 bits per heavy atom. The van der Waals surface area contributed by atoms with Gasteiger partial charge in [-0.05, 0) is 31.7 Å². The van der Waals surface area contributed by atoms with Gasteiger partial charge in [0.25, 0.3) is 0 Å². The third kappa shape index (κ3) is 4.53. The summed E-state index contributed by atoms with van der Waals surface area (Å²) in [4.78, 5) is 14.4. The molecule has 0 radical (unpaired) electrons. The lowest BCUT2D eigenvalue weighted by Crippen LogP contribution is -2.18. The van der Waals surface area contributed by atoms with Crippen LogP contribution in [0.15, 0.2) is 35.6 Å². The van der Waals surface area contributed by atoms with Crippen molar-refractivity contribution in [1.29, 1.82) is 0 Å². The highest BCUT2D eigenvalue weighted by atomic mass is 32.2. The molecule has 0 saturated heterocycles. The summed E-state index contributed by atoms with van der Waals surface area (Å²) in [6.07, 6.45) is 6.21. The summed E-state index contributed by atoms with van der Waals surface area (Å²) in [5.41, 5.74) is 2.68. The van der Waals surface area contributed by atoms with Gasteiger partial charge >= 0.3 is 0 Å². The maximum atomic E-state index is 15.0. The number of hydrogen-bond acceptors (Lipinski definition) is 8. The number of rotatable bonds is 7. The van der Waals surface area contributed by atoms with E-state index in [-0.39, 0.29) is 17.6 Å². The van der Waals surface area contributed by atoms with Crippen molar-refractivity contribution in [3.63, 3.8) is 0 Å². The first-order chi connectivity index (χ1) is 17.0. The number of aromatic nitrogens is 6. The van der Waals surface area contributed by atoms with Gasteiger partial charge in [0.05, 0.1) is 12.0 Å². The minimum atomic E-state index is -3.95. The van der Waals surface area contributed by atoms with E-state index in [0.717, 1.165) is 36.4 Å². The lowest BCUT2D eigenvalue weighted by Gasteiger charge is -2.22. The van der Waals surface area contributed by atoms with E-state index in [1.807, 2.05) is 26.2 Å². The molecule has 3 aromatic heterocycles. The Labute approximate surface area is 206 Å². The Kier molecular flexibility index (Phi) is 5.74. The second kappa shape index (κ2) is 8.66. The van der Waals surface area contributed by atoms with Crippen molar-refractivity contribution in [2.45, 2.75) is 30.6 Å². The zero-order valence-corrected chi connectivity index (χ0v) is 20.9. The molecular formula is C23H24F2N8O2S. The molecule has 13 heteroatoms. The highest BCUT2D eigenvalue weighted by molar-refractivity contribution is 7.90. The molecule has 3 heterocycles. The van der Waals surface area contributed by atoms with Gasteiger partial charge in [0.15, 0.2) is 15.7 Å². The summed E-state index contributed by atoms with van der Waals surface area (Å²) >= 11 is 0. The number of H-pyrrole nitrogens is 1. The minimum Gasteiger partial charge on any atom is -0.340 e. The predicted octanol–water partition coefficient (Wildman–Crippen LogP) is 3.98. The molecule has 1 aliphatic carbocycles. The van der Waals surface area contributed by atoms with Gasteiger partial charge in [0.1, 0.15) is 33.7 Å². The number of nitrogens with zero attached hydrogens (tertiary/aromatic N) is 6. The van der Waals surface area contributed by atoms with Gasteiger partial charge in [0.2, 0.25) is 5.95 Å². The van der Waals surface area contributed by atoms with Crippen molar-refractivity contribution in [3.05, 3.63) is 53.6 Å². The molecular weight excluding hydrogens is 490 g/mol. The van der Waals surface area contributed by atoms with Gasteiger partial charge in [0, 0.05) is 49.9 Å². The first-order valence-corrected chi connectivity index (χ1v) is 13.0. The summed E-state index contributed by atoms with van der Waals surface area (Å²) in [7, 11) is -0.623. The topological polar surface area (TPSA) is 122 Å². The Hall–Kier alpha value is -3.87. The Balaban J connectivity index is 1.67.